The minimum absolute atomic E-state index is 0. The van der Waals surface area contributed by atoms with Gasteiger partial charge in [0.2, 0.25) is 0 Å². The maximum Gasteiger partial charge on any atom is 0.258 e. The quantitative estimate of drug-likeness (QED) is 0.700. The van der Waals surface area contributed by atoms with Gasteiger partial charge in [-0.1, -0.05) is 29.2 Å². The van der Waals surface area contributed by atoms with E-state index < -0.39 is 5.54 Å². The minimum atomic E-state index is -0.459. The van der Waals surface area contributed by atoms with E-state index in [1.807, 2.05) is 38.1 Å². The fraction of sp³-hybridized carbons (Fsp3) is 0.421. The van der Waals surface area contributed by atoms with Crippen molar-refractivity contribution in [3.8, 4) is 17.2 Å². The molecule has 4 rings (SSSR count). The van der Waals surface area contributed by atoms with Crippen LogP contribution in [0.5, 0.6) is 5.75 Å². The number of rotatable bonds is 5. The van der Waals surface area contributed by atoms with Crippen LogP contribution in [0.3, 0.4) is 0 Å². The molecule has 1 aliphatic rings. The van der Waals surface area contributed by atoms with Crippen molar-refractivity contribution in [2.45, 2.75) is 51.7 Å². The van der Waals surface area contributed by atoms with Crippen LogP contribution in [0.4, 0.5) is 0 Å². The lowest BCUT2D eigenvalue weighted by Crippen LogP contribution is -2.34. The van der Waals surface area contributed by atoms with Gasteiger partial charge in [0.15, 0.2) is 5.82 Å². The van der Waals surface area contributed by atoms with E-state index in [0.29, 0.717) is 24.1 Å². The van der Waals surface area contributed by atoms with Crippen LogP contribution in [0.2, 0.25) is 0 Å². The molecule has 1 aromatic carbocycles. The van der Waals surface area contributed by atoms with Crippen molar-refractivity contribution in [1.82, 2.24) is 15.3 Å². The minimum Gasteiger partial charge on any atom is -0.489 e. The molecule has 1 aliphatic carbocycles. The monoisotopic (exact) mass is 390 g/mol. The van der Waals surface area contributed by atoms with Crippen molar-refractivity contribution in [1.29, 1.82) is 0 Å². The Balaban J connectivity index is 0.00000210. The molecular formula is C19H23ClN4O3. The molecule has 0 aliphatic heterocycles. The number of ether oxygens (including phenoxy) is 1. The van der Waals surface area contributed by atoms with Crippen LogP contribution in [0.25, 0.3) is 11.5 Å². The lowest BCUT2D eigenvalue weighted by atomic mass is 9.99. The first-order chi connectivity index (χ1) is 12.5. The van der Waals surface area contributed by atoms with Gasteiger partial charge in [-0.05, 0) is 44.9 Å². The number of aryl methyl sites for hydroxylation is 2. The van der Waals surface area contributed by atoms with Gasteiger partial charge in [0.05, 0.1) is 16.8 Å². The first kappa shape index (κ1) is 19.4. The first-order valence-corrected chi connectivity index (χ1v) is 8.83. The van der Waals surface area contributed by atoms with Gasteiger partial charge in [0, 0.05) is 5.56 Å². The number of benzene rings is 1. The molecule has 7 nitrogen and oxygen atoms in total. The maximum atomic E-state index is 6.41. The number of hydrogen-bond donors (Lipinski definition) is 1. The Morgan fingerprint density at radius 3 is 2.63 bits per heavy atom. The fourth-order valence-electron chi connectivity index (χ4n) is 3.35. The van der Waals surface area contributed by atoms with Crippen molar-refractivity contribution in [3.63, 3.8) is 0 Å². The average Bonchev–Trinajstić information content (AvgIpc) is 3.36. The van der Waals surface area contributed by atoms with E-state index in [4.69, 9.17) is 19.5 Å². The molecule has 2 heterocycles. The molecule has 0 atom stereocenters. The van der Waals surface area contributed by atoms with E-state index >= 15 is 0 Å². The molecule has 0 radical (unpaired) electrons. The molecule has 0 unspecified atom stereocenters. The molecule has 0 spiro atoms. The van der Waals surface area contributed by atoms with Gasteiger partial charge in [-0.2, -0.15) is 4.98 Å². The highest BCUT2D eigenvalue weighted by atomic mass is 35.5. The van der Waals surface area contributed by atoms with Gasteiger partial charge >= 0.3 is 0 Å². The van der Waals surface area contributed by atoms with Gasteiger partial charge < -0.3 is 19.5 Å². The summed E-state index contributed by atoms with van der Waals surface area (Å²) in [6.45, 7) is 4.17. The van der Waals surface area contributed by atoms with E-state index in [1.165, 1.54) is 0 Å². The lowest BCUT2D eigenvalue weighted by molar-refractivity contribution is 0.301. The molecule has 2 aromatic heterocycles. The van der Waals surface area contributed by atoms with Crippen molar-refractivity contribution in [3.05, 3.63) is 47.1 Å². The summed E-state index contributed by atoms with van der Waals surface area (Å²) in [4.78, 5) is 4.53. The average molecular weight is 391 g/mol. The van der Waals surface area contributed by atoms with E-state index in [-0.39, 0.29) is 12.4 Å². The summed E-state index contributed by atoms with van der Waals surface area (Å²) in [7, 11) is 0. The second kappa shape index (κ2) is 7.70. The molecule has 3 aromatic rings. The summed E-state index contributed by atoms with van der Waals surface area (Å²) in [6.07, 6.45) is 4.00. The third kappa shape index (κ3) is 3.84. The molecule has 0 bridgehead atoms. The third-order valence-corrected chi connectivity index (χ3v) is 5.01. The Hall–Kier alpha value is -2.38. The van der Waals surface area contributed by atoms with Crippen LogP contribution >= 0.6 is 12.4 Å². The van der Waals surface area contributed by atoms with Gasteiger partial charge in [0.1, 0.15) is 18.1 Å². The summed E-state index contributed by atoms with van der Waals surface area (Å²) in [5, 5.41) is 8.05. The number of hydrogen-bond acceptors (Lipinski definition) is 7. The second-order valence-corrected chi connectivity index (χ2v) is 6.91. The normalized spacial score (nSPS) is 15.5. The van der Waals surface area contributed by atoms with Gasteiger partial charge in [0.25, 0.3) is 5.89 Å². The zero-order valence-corrected chi connectivity index (χ0v) is 16.2. The topological polar surface area (TPSA) is 100 Å². The highest BCUT2D eigenvalue weighted by Crippen LogP contribution is 2.35. The van der Waals surface area contributed by atoms with E-state index in [0.717, 1.165) is 48.3 Å². The van der Waals surface area contributed by atoms with Gasteiger partial charge in [-0.15, -0.1) is 12.4 Å². The largest absolute Gasteiger partial charge is 0.489 e. The molecule has 27 heavy (non-hydrogen) atoms. The molecule has 1 saturated carbocycles. The predicted molar refractivity (Wildman–Crippen MR) is 102 cm³/mol. The lowest BCUT2D eigenvalue weighted by Gasteiger charge is -2.17. The fourth-order valence-corrected chi connectivity index (χ4v) is 3.35. The van der Waals surface area contributed by atoms with Crippen LogP contribution < -0.4 is 10.5 Å². The molecule has 1 fully saturated rings. The van der Waals surface area contributed by atoms with Crippen LogP contribution in [0, 0.1) is 13.8 Å². The van der Waals surface area contributed by atoms with Crippen LogP contribution in [-0.4, -0.2) is 15.3 Å². The Labute approximate surface area is 163 Å². The summed E-state index contributed by atoms with van der Waals surface area (Å²) in [6, 6.07) is 7.58. The molecule has 0 amide bonds. The van der Waals surface area contributed by atoms with Crippen LogP contribution in [0.1, 0.15) is 48.5 Å². The molecular weight excluding hydrogens is 368 g/mol. The molecule has 144 valence electrons. The van der Waals surface area contributed by atoms with Crippen LogP contribution in [0.15, 0.2) is 33.3 Å². The third-order valence-electron chi connectivity index (χ3n) is 5.01. The van der Waals surface area contributed by atoms with Crippen molar-refractivity contribution in [2.24, 2.45) is 5.73 Å². The van der Waals surface area contributed by atoms with Crippen LogP contribution in [-0.2, 0) is 12.1 Å². The smallest absolute Gasteiger partial charge is 0.258 e. The molecule has 2 N–H and O–H groups in total. The summed E-state index contributed by atoms with van der Waals surface area (Å²) < 4.78 is 16.5. The van der Waals surface area contributed by atoms with Crippen molar-refractivity contribution < 1.29 is 13.8 Å². The predicted octanol–water partition coefficient (Wildman–Crippen LogP) is 4.07. The zero-order valence-electron chi connectivity index (χ0n) is 15.4. The highest BCUT2D eigenvalue weighted by molar-refractivity contribution is 5.85. The molecule has 0 saturated heterocycles. The van der Waals surface area contributed by atoms with E-state index in [1.54, 1.807) is 0 Å². The second-order valence-electron chi connectivity index (χ2n) is 6.91. The van der Waals surface area contributed by atoms with Gasteiger partial charge in [-0.3, -0.25) is 0 Å². The maximum absolute atomic E-state index is 6.41. The van der Waals surface area contributed by atoms with E-state index in [2.05, 4.69) is 15.3 Å². The number of nitrogens with two attached hydrogens (primary N) is 1. The highest BCUT2D eigenvalue weighted by Gasteiger charge is 2.36. The summed E-state index contributed by atoms with van der Waals surface area (Å²) in [5.74, 6) is 2.53. The first-order valence-electron chi connectivity index (χ1n) is 8.83. The molecule has 8 heteroatoms. The Kier molecular flexibility index (Phi) is 5.53. The number of nitrogens with zero attached hydrogens (tertiary/aromatic N) is 3. The Bertz CT molecular complexity index is 896. The number of aromatic nitrogens is 3. The van der Waals surface area contributed by atoms with Gasteiger partial charge in [-0.25, -0.2) is 0 Å². The summed E-state index contributed by atoms with van der Waals surface area (Å²) >= 11 is 0. The Morgan fingerprint density at radius 2 is 1.93 bits per heavy atom. The number of halogens is 1. The standard InChI is InChI=1S/C19H22N4O3.ClH/c1-12-16(13(2)25-22-12)11-24-15-7-5-6-14(10-15)17-21-18(23-26-17)19(20)8-3-4-9-19;/h5-7,10H,3-4,8-9,11,20H2,1-2H3;1H. The Morgan fingerprint density at radius 1 is 1.15 bits per heavy atom. The SMILES string of the molecule is Cc1noc(C)c1COc1cccc(-c2nc(C3(N)CCCC3)no2)c1.Cl. The summed E-state index contributed by atoms with van der Waals surface area (Å²) in [5.41, 5.74) is 8.55. The van der Waals surface area contributed by atoms with Crippen molar-refractivity contribution >= 4 is 12.4 Å². The van der Waals surface area contributed by atoms with E-state index in [9.17, 15) is 0 Å². The van der Waals surface area contributed by atoms with Crippen molar-refractivity contribution in [2.75, 3.05) is 0 Å². The zero-order chi connectivity index (χ0) is 18.1.